The molecule has 1 aliphatic rings. The van der Waals surface area contributed by atoms with Crippen molar-refractivity contribution < 1.29 is 9.53 Å². The monoisotopic (exact) mass is 288 g/mol. The number of benzene rings is 1. The highest BCUT2D eigenvalue weighted by molar-refractivity contribution is 6.30. The predicted molar refractivity (Wildman–Crippen MR) is 75.5 cm³/mol. The molecule has 4 nitrogen and oxygen atoms in total. The first-order chi connectivity index (χ1) is 9.63. The molecule has 0 N–H and O–H groups in total. The summed E-state index contributed by atoms with van der Waals surface area (Å²) in [6.07, 6.45) is 4.15. The van der Waals surface area contributed by atoms with Crippen LogP contribution in [0.25, 0.3) is 0 Å². The Morgan fingerprint density at radius 2 is 2.20 bits per heavy atom. The maximum absolute atomic E-state index is 12.2. The van der Waals surface area contributed by atoms with Crippen LogP contribution in [0.2, 0.25) is 5.02 Å². The van der Waals surface area contributed by atoms with Gasteiger partial charge in [-0.1, -0.05) is 11.6 Å². The third-order valence-electron chi connectivity index (χ3n) is 3.24. The van der Waals surface area contributed by atoms with Gasteiger partial charge in [0.2, 0.25) is 0 Å². The first-order valence-corrected chi connectivity index (χ1v) is 6.77. The fourth-order valence-corrected chi connectivity index (χ4v) is 2.54. The molecule has 5 heteroatoms. The van der Waals surface area contributed by atoms with E-state index in [-0.39, 0.29) is 12.2 Å². The Bertz CT molecular complexity index is 668. The van der Waals surface area contributed by atoms with Crippen LogP contribution in [0, 0.1) is 6.92 Å². The van der Waals surface area contributed by atoms with Gasteiger partial charge in [0.15, 0.2) is 5.78 Å². The van der Waals surface area contributed by atoms with Gasteiger partial charge in [-0.05, 0) is 24.6 Å². The molecule has 0 radical (unpaired) electrons. The molecule has 0 saturated carbocycles. The molecule has 0 bridgehead atoms. The largest absolute Gasteiger partial charge is 0.493 e. The van der Waals surface area contributed by atoms with E-state index in [1.807, 2.05) is 13.0 Å². The zero-order valence-electron chi connectivity index (χ0n) is 11.0. The SMILES string of the molecule is Cc1cnc(C(=O)Cc2cc(Cl)cc3c2OCC3)cn1. The quantitative estimate of drug-likeness (QED) is 0.815. The lowest BCUT2D eigenvalue weighted by atomic mass is 10.0. The molecule has 0 atom stereocenters. The van der Waals surface area contributed by atoms with E-state index in [2.05, 4.69) is 9.97 Å². The zero-order chi connectivity index (χ0) is 14.1. The smallest absolute Gasteiger partial charge is 0.187 e. The molecule has 0 aliphatic carbocycles. The summed E-state index contributed by atoms with van der Waals surface area (Å²) in [5, 5.41) is 0.632. The summed E-state index contributed by atoms with van der Waals surface area (Å²) in [5.74, 6) is 0.709. The molecule has 2 aromatic rings. The normalized spacial score (nSPS) is 12.9. The van der Waals surface area contributed by atoms with E-state index >= 15 is 0 Å². The van der Waals surface area contributed by atoms with Crippen LogP contribution in [0.5, 0.6) is 5.75 Å². The van der Waals surface area contributed by atoms with E-state index in [0.29, 0.717) is 17.3 Å². The minimum atomic E-state index is -0.0857. The maximum atomic E-state index is 12.2. The number of carbonyl (C=O) groups excluding carboxylic acids is 1. The maximum Gasteiger partial charge on any atom is 0.187 e. The van der Waals surface area contributed by atoms with Crippen molar-refractivity contribution in [2.45, 2.75) is 19.8 Å². The summed E-state index contributed by atoms with van der Waals surface area (Å²) < 4.78 is 5.59. The number of Topliss-reactive ketones (excluding diaryl/α,β-unsaturated/α-hetero) is 1. The lowest BCUT2D eigenvalue weighted by molar-refractivity contribution is 0.0987. The van der Waals surface area contributed by atoms with Crippen LogP contribution < -0.4 is 4.74 Å². The van der Waals surface area contributed by atoms with Crippen molar-refractivity contribution in [2.75, 3.05) is 6.61 Å². The number of ether oxygens (including phenoxy) is 1. The van der Waals surface area contributed by atoms with E-state index in [0.717, 1.165) is 29.0 Å². The number of fused-ring (bicyclic) bond motifs is 1. The fourth-order valence-electron chi connectivity index (χ4n) is 2.28. The van der Waals surface area contributed by atoms with Gasteiger partial charge in [-0.15, -0.1) is 0 Å². The number of aryl methyl sites for hydroxylation is 1. The molecule has 3 rings (SSSR count). The van der Waals surface area contributed by atoms with E-state index in [9.17, 15) is 4.79 Å². The highest BCUT2D eigenvalue weighted by Gasteiger charge is 2.20. The summed E-state index contributed by atoms with van der Waals surface area (Å²) in [6.45, 7) is 2.47. The molecule has 2 heterocycles. The average molecular weight is 289 g/mol. The Balaban J connectivity index is 1.88. The van der Waals surface area contributed by atoms with E-state index < -0.39 is 0 Å². The van der Waals surface area contributed by atoms with Crippen molar-refractivity contribution in [3.63, 3.8) is 0 Å². The van der Waals surface area contributed by atoms with Gasteiger partial charge in [-0.25, -0.2) is 4.98 Å². The number of rotatable bonds is 3. The molecule has 1 aromatic carbocycles. The standard InChI is InChI=1S/C15H13ClN2O2/c1-9-7-18-13(8-17-9)14(19)6-11-5-12(16)4-10-2-3-20-15(10)11/h4-5,7-8H,2-3,6H2,1H3. The number of carbonyl (C=O) groups is 1. The third kappa shape index (κ3) is 2.51. The van der Waals surface area contributed by atoms with Crippen LogP contribution in [0.1, 0.15) is 27.3 Å². The van der Waals surface area contributed by atoms with Gasteiger partial charge in [0.25, 0.3) is 0 Å². The molecule has 1 aliphatic heterocycles. The minimum absolute atomic E-state index is 0.0857. The van der Waals surface area contributed by atoms with Gasteiger partial charge in [-0.2, -0.15) is 0 Å². The summed E-state index contributed by atoms with van der Waals surface area (Å²) in [5.41, 5.74) is 3.03. The van der Waals surface area contributed by atoms with Gasteiger partial charge in [0, 0.05) is 29.6 Å². The predicted octanol–water partition coefficient (Wildman–Crippen LogP) is 2.80. The second-order valence-corrected chi connectivity index (χ2v) is 5.23. The highest BCUT2D eigenvalue weighted by Crippen LogP contribution is 2.33. The first-order valence-electron chi connectivity index (χ1n) is 6.39. The van der Waals surface area contributed by atoms with Gasteiger partial charge < -0.3 is 4.74 Å². The number of nitrogens with zero attached hydrogens (tertiary/aromatic N) is 2. The fraction of sp³-hybridized carbons (Fsp3) is 0.267. The lowest BCUT2D eigenvalue weighted by Crippen LogP contribution is -2.08. The van der Waals surface area contributed by atoms with Crippen molar-refractivity contribution >= 4 is 17.4 Å². The van der Waals surface area contributed by atoms with E-state index in [1.54, 1.807) is 12.3 Å². The van der Waals surface area contributed by atoms with Crippen LogP contribution in [0.4, 0.5) is 0 Å². The molecule has 20 heavy (non-hydrogen) atoms. The number of hydrogen-bond donors (Lipinski definition) is 0. The van der Waals surface area contributed by atoms with Crippen LogP contribution in [-0.4, -0.2) is 22.4 Å². The lowest BCUT2D eigenvalue weighted by Gasteiger charge is -2.08. The first kappa shape index (κ1) is 13.1. The van der Waals surface area contributed by atoms with E-state index in [1.165, 1.54) is 6.20 Å². The van der Waals surface area contributed by atoms with Crippen molar-refractivity contribution in [1.82, 2.24) is 9.97 Å². The van der Waals surface area contributed by atoms with Crippen LogP contribution in [-0.2, 0) is 12.8 Å². The number of aromatic nitrogens is 2. The number of ketones is 1. The summed E-state index contributed by atoms with van der Waals surface area (Å²) >= 11 is 6.08. The molecule has 102 valence electrons. The average Bonchev–Trinajstić information content (AvgIpc) is 2.87. The molecule has 0 fully saturated rings. The highest BCUT2D eigenvalue weighted by atomic mass is 35.5. The molecular weight excluding hydrogens is 276 g/mol. The van der Waals surface area contributed by atoms with E-state index in [4.69, 9.17) is 16.3 Å². The zero-order valence-corrected chi connectivity index (χ0v) is 11.8. The summed E-state index contributed by atoms with van der Waals surface area (Å²) in [6, 6.07) is 3.68. The van der Waals surface area contributed by atoms with Gasteiger partial charge in [-0.3, -0.25) is 9.78 Å². The number of hydrogen-bond acceptors (Lipinski definition) is 4. The van der Waals surface area contributed by atoms with Gasteiger partial charge in [0.05, 0.1) is 18.5 Å². The molecule has 0 unspecified atom stereocenters. The third-order valence-corrected chi connectivity index (χ3v) is 3.46. The Morgan fingerprint density at radius 1 is 1.35 bits per heavy atom. The van der Waals surface area contributed by atoms with Crippen LogP contribution >= 0.6 is 11.6 Å². The van der Waals surface area contributed by atoms with Crippen molar-refractivity contribution in [3.8, 4) is 5.75 Å². The second kappa shape index (κ2) is 5.21. The molecule has 0 amide bonds. The van der Waals surface area contributed by atoms with Crippen molar-refractivity contribution in [3.05, 3.63) is 52.1 Å². The molecule has 1 aromatic heterocycles. The number of halogens is 1. The molecule has 0 saturated heterocycles. The Labute approximate surface area is 121 Å². The Morgan fingerprint density at radius 3 is 2.95 bits per heavy atom. The Hall–Kier alpha value is -1.94. The van der Waals surface area contributed by atoms with Crippen molar-refractivity contribution in [2.24, 2.45) is 0 Å². The second-order valence-electron chi connectivity index (χ2n) is 4.79. The summed E-state index contributed by atoms with van der Waals surface area (Å²) in [7, 11) is 0. The van der Waals surface area contributed by atoms with Crippen molar-refractivity contribution in [1.29, 1.82) is 0 Å². The van der Waals surface area contributed by atoms with Crippen LogP contribution in [0.3, 0.4) is 0 Å². The van der Waals surface area contributed by atoms with Crippen LogP contribution in [0.15, 0.2) is 24.5 Å². The molecule has 0 spiro atoms. The Kier molecular flexibility index (Phi) is 3.40. The molecular formula is C15H13ClN2O2. The van der Waals surface area contributed by atoms with Gasteiger partial charge >= 0.3 is 0 Å². The minimum Gasteiger partial charge on any atom is -0.493 e. The summed E-state index contributed by atoms with van der Waals surface area (Å²) in [4.78, 5) is 20.4. The topological polar surface area (TPSA) is 52.1 Å². The van der Waals surface area contributed by atoms with Gasteiger partial charge in [0.1, 0.15) is 11.4 Å².